The zero-order chi connectivity index (χ0) is 24.4. The van der Waals surface area contributed by atoms with Crippen molar-refractivity contribution in [2.24, 2.45) is 0 Å². The van der Waals surface area contributed by atoms with Crippen molar-refractivity contribution in [3.63, 3.8) is 0 Å². The maximum Gasteiger partial charge on any atom is 0.182 e. The Morgan fingerprint density at radius 2 is 1.77 bits per heavy atom. The molecular weight excluding hydrogens is 450 g/mol. The van der Waals surface area contributed by atoms with Crippen molar-refractivity contribution in [3.8, 4) is 11.3 Å². The summed E-state index contributed by atoms with van der Waals surface area (Å²) >= 11 is 0. The van der Waals surface area contributed by atoms with Crippen LogP contribution in [0.25, 0.3) is 22.4 Å². The molecule has 1 aliphatic carbocycles. The summed E-state index contributed by atoms with van der Waals surface area (Å²) in [7, 11) is 0. The maximum absolute atomic E-state index is 14.5. The first-order chi connectivity index (χ1) is 17.0. The van der Waals surface area contributed by atoms with E-state index >= 15 is 0 Å². The van der Waals surface area contributed by atoms with Crippen LogP contribution in [0.1, 0.15) is 61.3 Å². The minimum absolute atomic E-state index is 0.113. The summed E-state index contributed by atoms with van der Waals surface area (Å²) in [6.07, 6.45) is 9.12. The highest BCUT2D eigenvalue weighted by molar-refractivity contribution is 5.87. The summed E-state index contributed by atoms with van der Waals surface area (Å²) in [5.41, 5.74) is 2.91. The first-order valence-electron chi connectivity index (χ1n) is 12.0. The SMILES string of the molecule is Cc1nc2nc(C3CCCOCC3)nc(-c3ccc(F)cc3F)c2nc1C.c1cnn(C2CC2)c1. The van der Waals surface area contributed by atoms with E-state index in [2.05, 4.69) is 25.0 Å². The Balaban J connectivity index is 0.000000265. The molecule has 35 heavy (non-hydrogen) atoms. The molecule has 4 aromatic rings. The zero-order valence-corrected chi connectivity index (χ0v) is 19.9. The molecular formula is C26H28F2N6O. The topological polar surface area (TPSA) is 78.6 Å². The lowest BCUT2D eigenvalue weighted by Crippen LogP contribution is -2.09. The van der Waals surface area contributed by atoms with Gasteiger partial charge in [-0.25, -0.2) is 28.7 Å². The van der Waals surface area contributed by atoms with Gasteiger partial charge in [0.05, 0.1) is 17.4 Å². The number of aryl methyl sites for hydroxylation is 2. The molecule has 0 spiro atoms. The first kappa shape index (κ1) is 23.4. The quantitative estimate of drug-likeness (QED) is 0.388. The molecule has 0 N–H and O–H groups in total. The Bertz CT molecular complexity index is 1320. The molecule has 9 heteroatoms. The third-order valence-corrected chi connectivity index (χ3v) is 6.41. The molecule has 0 radical (unpaired) electrons. The molecule has 1 saturated heterocycles. The van der Waals surface area contributed by atoms with E-state index in [4.69, 9.17) is 4.74 Å². The van der Waals surface area contributed by atoms with Crippen molar-refractivity contribution in [3.05, 3.63) is 65.5 Å². The van der Waals surface area contributed by atoms with Crippen LogP contribution in [0.15, 0.2) is 36.7 Å². The van der Waals surface area contributed by atoms with Gasteiger partial charge in [0.1, 0.15) is 28.7 Å². The molecule has 1 unspecified atom stereocenters. The number of hydrogen-bond acceptors (Lipinski definition) is 6. The van der Waals surface area contributed by atoms with Gasteiger partial charge in [-0.2, -0.15) is 5.10 Å². The summed E-state index contributed by atoms with van der Waals surface area (Å²) < 4.78 is 35.5. The molecule has 1 aliphatic heterocycles. The highest BCUT2D eigenvalue weighted by Gasteiger charge is 2.23. The van der Waals surface area contributed by atoms with Crippen LogP contribution in [-0.2, 0) is 4.74 Å². The predicted molar refractivity (Wildman–Crippen MR) is 128 cm³/mol. The molecule has 1 atom stereocenters. The van der Waals surface area contributed by atoms with Gasteiger partial charge < -0.3 is 4.74 Å². The minimum atomic E-state index is -0.676. The highest BCUT2D eigenvalue weighted by atomic mass is 19.1. The number of rotatable bonds is 3. The number of benzene rings is 1. The fourth-order valence-corrected chi connectivity index (χ4v) is 4.18. The Morgan fingerprint density at radius 3 is 2.51 bits per heavy atom. The minimum Gasteiger partial charge on any atom is -0.381 e. The average Bonchev–Trinajstić information content (AvgIpc) is 3.61. The van der Waals surface area contributed by atoms with E-state index in [9.17, 15) is 8.78 Å². The van der Waals surface area contributed by atoms with Gasteiger partial charge in [0.25, 0.3) is 0 Å². The van der Waals surface area contributed by atoms with E-state index in [-0.39, 0.29) is 11.5 Å². The average molecular weight is 479 g/mol. The van der Waals surface area contributed by atoms with Crippen LogP contribution in [0.2, 0.25) is 0 Å². The molecule has 1 aromatic carbocycles. The van der Waals surface area contributed by atoms with Crippen LogP contribution in [0, 0.1) is 25.5 Å². The second kappa shape index (κ2) is 10.1. The smallest absolute Gasteiger partial charge is 0.182 e. The number of nitrogens with zero attached hydrogens (tertiary/aromatic N) is 6. The zero-order valence-electron chi connectivity index (χ0n) is 19.9. The van der Waals surface area contributed by atoms with Gasteiger partial charge in [0.15, 0.2) is 5.65 Å². The summed E-state index contributed by atoms with van der Waals surface area (Å²) in [4.78, 5) is 18.4. The summed E-state index contributed by atoms with van der Waals surface area (Å²) in [5, 5.41) is 4.09. The lowest BCUT2D eigenvalue weighted by molar-refractivity contribution is 0.143. The number of hydrogen-bond donors (Lipinski definition) is 0. The fourth-order valence-electron chi connectivity index (χ4n) is 4.18. The number of ether oxygens (including phenoxy) is 1. The maximum atomic E-state index is 14.5. The predicted octanol–water partition coefficient (Wildman–Crippen LogP) is 5.48. The first-order valence-corrected chi connectivity index (χ1v) is 12.0. The van der Waals surface area contributed by atoms with Crippen LogP contribution < -0.4 is 0 Å². The Morgan fingerprint density at radius 1 is 0.943 bits per heavy atom. The van der Waals surface area contributed by atoms with Crippen LogP contribution in [0.5, 0.6) is 0 Å². The summed E-state index contributed by atoms with van der Waals surface area (Å²) in [6, 6.07) is 6.18. The molecule has 4 heterocycles. The molecule has 0 amide bonds. The van der Waals surface area contributed by atoms with Gasteiger partial charge in [-0.1, -0.05) is 0 Å². The highest BCUT2D eigenvalue weighted by Crippen LogP contribution is 2.33. The normalized spacial score (nSPS) is 18.1. The number of aromatic nitrogens is 6. The van der Waals surface area contributed by atoms with E-state index in [0.29, 0.717) is 29.3 Å². The van der Waals surface area contributed by atoms with Crippen LogP contribution in [0.3, 0.4) is 0 Å². The summed E-state index contributed by atoms with van der Waals surface area (Å²) in [6.45, 7) is 5.07. The standard InChI is InChI=1S/C20H20F2N4O.C6H8N2/c1-11-12(2)24-20-18(23-11)17(15-6-5-14(21)10-16(15)22)25-19(26-20)13-4-3-8-27-9-7-13;1-4-7-8(5-1)6-2-3-6/h5-6,10,13H,3-4,7-9H2,1-2H3;1,4-6H,2-3H2. The molecule has 2 aliphatic rings. The second-order valence-corrected chi connectivity index (χ2v) is 9.08. The molecule has 0 bridgehead atoms. The largest absolute Gasteiger partial charge is 0.381 e. The van der Waals surface area contributed by atoms with E-state index in [1.54, 1.807) is 0 Å². The molecule has 6 rings (SSSR count). The molecule has 1 saturated carbocycles. The molecule has 7 nitrogen and oxygen atoms in total. The van der Waals surface area contributed by atoms with E-state index < -0.39 is 11.6 Å². The third kappa shape index (κ3) is 5.35. The van der Waals surface area contributed by atoms with Crippen molar-refractivity contribution in [2.75, 3.05) is 13.2 Å². The Labute approximate surface area is 202 Å². The third-order valence-electron chi connectivity index (χ3n) is 6.41. The summed E-state index contributed by atoms with van der Waals surface area (Å²) in [5.74, 6) is -0.578. The Hall–Kier alpha value is -3.33. The number of halogens is 2. The monoisotopic (exact) mass is 478 g/mol. The number of fused-ring (bicyclic) bond motifs is 1. The Kier molecular flexibility index (Phi) is 6.77. The second-order valence-electron chi connectivity index (χ2n) is 9.08. The lowest BCUT2D eigenvalue weighted by Gasteiger charge is -2.15. The van der Waals surface area contributed by atoms with Crippen LogP contribution in [-0.4, -0.2) is 42.9 Å². The van der Waals surface area contributed by atoms with Crippen molar-refractivity contribution in [1.82, 2.24) is 29.7 Å². The molecule has 182 valence electrons. The van der Waals surface area contributed by atoms with Gasteiger partial charge in [-0.05, 0) is 64.2 Å². The van der Waals surface area contributed by atoms with Crippen LogP contribution in [0.4, 0.5) is 8.78 Å². The lowest BCUT2D eigenvalue weighted by atomic mass is 9.99. The van der Waals surface area contributed by atoms with Crippen molar-refractivity contribution < 1.29 is 13.5 Å². The van der Waals surface area contributed by atoms with Crippen molar-refractivity contribution in [1.29, 1.82) is 0 Å². The van der Waals surface area contributed by atoms with E-state index in [1.807, 2.05) is 37.0 Å². The van der Waals surface area contributed by atoms with Gasteiger partial charge >= 0.3 is 0 Å². The van der Waals surface area contributed by atoms with Crippen LogP contribution >= 0.6 is 0 Å². The van der Waals surface area contributed by atoms with Crippen molar-refractivity contribution >= 4 is 11.2 Å². The van der Waals surface area contributed by atoms with Gasteiger partial charge in [-0.3, -0.25) is 4.68 Å². The van der Waals surface area contributed by atoms with Crippen molar-refractivity contribution in [2.45, 2.75) is 57.9 Å². The van der Waals surface area contributed by atoms with Gasteiger partial charge in [0, 0.05) is 43.2 Å². The molecule has 3 aromatic heterocycles. The van der Waals surface area contributed by atoms with E-state index in [1.165, 1.54) is 25.0 Å². The fraction of sp³-hybridized carbons (Fsp3) is 0.423. The van der Waals surface area contributed by atoms with Gasteiger partial charge in [0.2, 0.25) is 0 Å². The molecule has 2 fully saturated rings. The van der Waals surface area contributed by atoms with E-state index in [0.717, 1.165) is 49.4 Å². The van der Waals surface area contributed by atoms with Gasteiger partial charge in [-0.15, -0.1) is 0 Å².